The Morgan fingerprint density at radius 1 is 1.29 bits per heavy atom. The highest BCUT2D eigenvalue weighted by Crippen LogP contribution is 2.45. The zero-order chi connectivity index (χ0) is 13.6. The molecule has 6 heteroatoms. The maximum atomic E-state index is 12.0. The van der Waals surface area contributed by atoms with Crippen LogP contribution in [0.5, 0.6) is 0 Å². The number of carbonyl (C=O) groups excluding carboxylic acids is 1. The van der Waals surface area contributed by atoms with Crippen LogP contribution in [0.25, 0.3) is 0 Å². The van der Waals surface area contributed by atoms with E-state index < -0.39 is 33.5 Å². The van der Waals surface area contributed by atoms with Crippen molar-refractivity contribution in [2.45, 2.75) is 51.6 Å². The van der Waals surface area contributed by atoms with Crippen LogP contribution in [0.1, 0.15) is 40.5 Å². The number of amides is 2. The van der Waals surface area contributed by atoms with Gasteiger partial charge in [-0.15, -0.1) is 4.48 Å². The Kier molecular flexibility index (Phi) is 2.83. The van der Waals surface area contributed by atoms with Gasteiger partial charge in [0.25, 0.3) is 0 Å². The first-order chi connectivity index (χ1) is 7.51. The normalized spacial score (nSPS) is 33.8. The molecule has 2 amide bonds. The molecule has 6 nitrogen and oxygen atoms in total. The van der Waals surface area contributed by atoms with Gasteiger partial charge < -0.3 is 10.2 Å². The second-order valence-electron chi connectivity index (χ2n) is 5.60. The summed E-state index contributed by atoms with van der Waals surface area (Å²) in [6, 6.07) is 0. The fourth-order valence-corrected chi connectivity index (χ4v) is 2.93. The molecule has 0 aromatic carbocycles. The van der Waals surface area contributed by atoms with Gasteiger partial charge in [0.2, 0.25) is 5.54 Å². The van der Waals surface area contributed by atoms with E-state index in [0.717, 1.165) is 0 Å². The predicted molar refractivity (Wildman–Crippen MR) is 58.3 cm³/mol. The largest absolute Gasteiger partial charge is 0.522 e. The van der Waals surface area contributed by atoms with Crippen molar-refractivity contribution in [3.05, 3.63) is 0 Å². The quantitative estimate of drug-likeness (QED) is 0.681. The van der Waals surface area contributed by atoms with Gasteiger partial charge in [-0.2, -0.15) is 4.79 Å². The van der Waals surface area contributed by atoms with E-state index in [-0.39, 0.29) is 12.8 Å². The molecule has 2 N–H and O–H groups in total. The van der Waals surface area contributed by atoms with E-state index >= 15 is 0 Å². The molecule has 0 saturated carbocycles. The number of imide groups is 1. The summed E-state index contributed by atoms with van der Waals surface area (Å²) in [7, 11) is 0. The molecule has 0 bridgehead atoms. The smallest absolute Gasteiger partial charge is 0.477 e. The lowest BCUT2D eigenvalue weighted by Gasteiger charge is -2.45. The van der Waals surface area contributed by atoms with E-state index in [1.165, 1.54) is 6.92 Å². The van der Waals surface area contributed by atoms with Crippen LogP contribution in [0.15, 0.2) is 0 Å². The minimum atomic E-state index is -1.61. The number of carboxylic acid groups (broad SMARTS) is 2. The van der Waals surface area contributed by atoms with Crippen molar-refractivity contribution in [2.24, 2.45) is 0 Å². The summed E-state index contributed by atoms with van der Waals surface area (Å²) in [5.74, 6) is -1.80. The van der Waals surface area contributed by atoms with Gasteiger partial charge in [-0.3, -0.25) is 0 Å². The zero-order valence-electron chi connectivity index (χ0n) is 10.5. The van der Waals surface area contributed by atoms with Crippen molar-refractivity contribution >= 4 is 18.0 Å². The molecular weight excluding hydrogens is 226 g/mol. The third kappa shape index (κ3) is 1.40. The maximum absolute atomic E-state index is 12.0. The molecule has 1 aliphatic rings. The average molecular weight is 244 g/mol. The first-order valence-corrected chi connectivity index (χ1v) is 5.41. The van der Waals surface area contributed by atoms with Crippen molar-refractivity contribution in [1.29, 1.82) is 0 Å². The monoisotopic (exact) mass is 244 g/mol. The molecule has 1 heterocycles. The van der Waals surface area contributed by atoms with E-state index in [0.29, 0.717) is 0 Å². The van der Waals surface area contributed by atoms with Crippen molar-refractivity contribution in [1.82, 2.24) is 0 Å². The van der Waals surface area contributed by atoms with E-state index in [9.17, 15) is 24.6 Å². The molecule has 0 spiro atoms. The molecule has 17 heavy (non-hydrogen) atoms. The van der Waals surface area contributed by atoms with Gasteiger partial charge in [-0.05, 0) is 20.8 Å². The minimum absolute atomic E-state index is 0.0215. The number of nitrogens with zero attached hydrogens (tertiary/aromatic N) is 1. The van der Waals surface area contributed by atoms with Crippen molar-refractivity contribution in [2.75, 3.05) is 0 Å². The second-order valence-corrected chi connectivity index (χ2v) is 5.60. The first kappa shape index (κ1) is 13.6. The highest BCUT2D eigenvalue weighted by atomic mass is 16.4. The standard InChI is InChI=1S/C11H17NO5/c1-10(2,3)12(9(16)17)7(13)5-6-11(12,4)8(14)15/h5-6H2,1-4H3,(H-,14,15,16,17)/p+1/t11-,12?/m0/s1. The van der Waals surface area contributed by atoms with Crippen LogP contribution in [0.3, 0.4) is 0 Å². The highest BCUT2D eigenvalue weighted by Gasteiger charge is 2.72. The summed E-state index contributed by atoms with van der Waals surface area (Å²) in [5.41, 5.74) is -2.62. The van der Waals surface area contributed by atoms with Gasteiger partial charge in [0.1, 0.15) is 5.54 Å². The van der Waals surface area contributed by atoms with Crippen molar-refractivity contribution in [3.63, 3.8) is 0 Å². The number of hydrogen-bond donors (Lipinski definition) is 2. The summed E-state index contributed by atoms with van der Waals surface area (Å²) >= 11 is 0. The molecule has 0 radical (unpaired) electrons. The van der Waals surface area contributed by atoms with Crippen molar-refractivity contribution in [3.8, 4) is 0 Å². The third-order valence-electron chi connectivity index (χ3n) is 3.69. The second kappa shape index (κ2) is 3.53. The Balaban J connectivity index is 3.61. The highest BCUT2D eigenvalue weighted by molar-refractivity contribution is 5.91. The molecule has 96 valence electrons. The number of quaternary nitrogens is 1. The van der Waals surface area contributed by atoms with Crippen molar-refractivity contribution < 1.29 is 29.1 Å². The predicted octanol–water partition coefficient (Wildman–Crippen LogP) is 1.44. The van der Waals surface area contributed by atoms with Gasteiger partial charge in [-0.25, -0.2) is 9.59 Å². The van der Waals surface area contributed by atoms with Crippen LogP contribution in [0.2, 0.25) is 0 Å². The van der Waals surface area contributed by atoms with Crippen LogP contribution in [-0.2, 0) is 9.59 Å². The number of carbonyl (C=O) groups is 3. The van der Waals surface area contributed by atoms with E-state index in [4.69, 9.17) is 0 Å². The third-order valence-corrected chi connectivity index (χ3v) is 3.69. The molecule has 0 aromatic rings. The van der Waals surface area contributed by atoms with Crippen LogP contribution in [-0.4, -0.2) is 43.7 Å². The number of rotatable bonds is 1. The number of aliphatic carboxylic acids is 1. The van der Waals surface area contributed by atoms with Gasteiger partial charge >= 0.3 is 18.0 Å². The summed E-state index contributed by atoms with van der Waals surface area (Å²) in [6.07, 6.45) is -1.37. The Morgan fingerprint density at radius 2 is 1.76 bits per heavy atom. The molecule has 1 saturated heterocycles. The Bertz CT molecular complexity index is 397. The van der Waals surface area contributed by atoms with E-state index in [2.05, 4.69) is 0 Å². The fraction of sp³-hybridized carbons (Fsp3) is 0.727. The molecule has 1 unspecified atom stereocenters. The Labute approximate surface area is 99.4 Å². The lowest BCUT2D eigenvalue weighted by Crippen LogP contribution is -2.74. The van der Waals surface area contributed by atoms with Crippen LogP contribution < -0.4 is 0 Å². The lowest BCUT2D eigenvalue weighted by molar-refractivity contribution is -0.863. The first-order valence-electron chi connectivity index (χ1n) is 5.41. The van der Waals surface area contributed by atoms with E-state index in [1.807, 2.05) is 0 Å². The van der Waals surface area contributed by atoms with E-state index in [1.54, 1.807) is 20.8 Å². The van der Waals surface area contributed by atoms with Crippen LogP contribution in [0, 0.1) is 0 Å². The summed E-state index contributed by atoms with van der Waals surface area (Å²) in [6.45, 7) is 6.06. The molecule has 1 aliphatic heterocycles. The summed E-state index contributed by atoms with van der Waals surface area (Å²) < 4.78 is -1.05. The fourth-order valence-electron chi connectivity index (χ4n) is 2.93. The molecule has 1 fully saturated rings. The lowest BCUT2D eigenvalue weighted by atomic mass is 9.90. The van der Waals surface area contributed by atoms with Gasteiger partial charge in [0.15, 0.2) is 0 Å². The number of carboxylic acids is 1. The van der Waals surface area contributed by atoms with Gasteiger partial charge in [0, 0.05) is 13.3 Å². The number of hydrogen-bond acceptors (Lipinski definition) is 3. The van der Waals surface area contributed by atoms with Gasteiger partial charge in [0.05, 0.1) is 6.42 Å². The maximum Gasteiger partial charge on any atom is 0.522 e. The van der Waals surface area contributed by atoms with Crippen LogP contribution >= 0.6 is 0 Å². The minimum Gasteiger partial charge on any atom is -0.477 e. The number of likely N-dealkylation sites (tertiary alicyclic amines) is 1. The molecule has 2 atom stereocenters. The van der Waals surface area contributed by atoms with Crippen LogP contribution in [0.4, 0.5) is 4.79 Å². The van der Waals surface area contributed by atoms with Gasteiger partial charge in [-0.1, -0.05) is 0 Å². The zero-order valence-corrected chi connectivity index (χ0v) is 10.5. The average Bonchev–Trinajstić information content (AvgIpc) is 2.39. The Hall–Kier alpha value is -1.43. The molecule has 0 aliphatic carbocycles. The summed E-state index contributed by atoms with van der Waals surface area (Å²) in [4.78, 5) is 35.0. The molecular formula is C11H18NO5+. The molecule has 0 aromatic heterocycles. The topological polar surface area (TPSA) is 91.7 Å². The Morgan fingerprint density at radius 3 is 2.00 bits per heavy atom. The SMILES string of the molecule is CC(C)(C)[N+]1(C(=O)O)C(=O)CC[C@@]1(C)C(=O)O. The summed E-state index contributed by atoms with van der Waals surface area (Å²) in [5, 5.41) is 18.7. The molecule has 1 rings (SSSR count).